The molecule has 0 N–H and O–H groups in total. The number of aryl methyl sites for hydroxylation is 1. The van der Waals surface area contributed by atoms with Crippen molar-refractivity contribution in [2.24, 2.45) is 5.92 Å². The van der Waals surface area contributed by atoms with Crippen LogP contribution in [0.2, 0.25) is 0 Å². The smallest absolute Gasteiger partial charge is 0.224 e. The summed E-state index contributed by atoms with van der Waals surface area (Å²) in [5, 5.41) is -0.269. The number of rotatable bonds is 1. The van der Waals surface area contributed by atoms with Crippen LogP contribution in [0, 0.1) is 12.8 Å². The van der Waals surface area contributed by atoms with Crippen molar-refractivity contribution in [3.63, 3.8) is 0 Å². The maximum atomic E-state index is 9.91. The first-order valence-electron chi connectivity index (χ1n) is 4.25. The molecular formula is C11H15ClO. The van der Waals surface area contributed by atoms with E-state index in [0.717, 1.165) is 0 Å². The molecule has 1 rings (SSSR count). The molecule has 13 heavy (non-hydrogen) atoms. The van der Waals surface area contributed by atoms with Crippen LogP contribution in [0.25, 0.3) is 0 Å². The van der Waals surface area contributed by atoms with E-state index in [-0.39, 0.29) is 11.2 Å². The van der Waals surface area contributed by atoms with Crippen molar-refractivity contribution in [2.45, 2.75) is 20.8 Å². The maximum Gasteiger partial charge on any atom is 0.224 e. The number of carbonyl (C=O) groups excluding carboxylic acids is 1. The third kappa shape index (κ3) is 7.54. The molecule has 0 atom stereocenters. The molecule has 0 saturated carbocycles. The van der Waals surface area contributed by atoms with Gasteiger partial charge in [0, 0.05) is 5.92 Å². The van der Waals surface area contributed by atoms with Gasteiger partial charge in [0.2, 0.25) is 5.24 Å². The van der Waals surface area contributed by atoms with Crippen molar-refractivity contribution in [3.05, 3.63) is 35.9 Å². The van der Waals surface area contributed by atoms with E-state index in [0.29, 0.717) is 0 Å². The molecule has 2 heteroatoms. The molecule has 72 valence electrons. The van der Waals surface area contributed by atoms with Crippen molar-refractivity contribution in [3.8, 4) is 0 Å². The number of halogens is 1. The van der Waals surface area contributed by atoms with Crippen LogP contribution in [-0.4, -0.2) is 5.24 Å². The van der Waals surface area contributed by atoms with Gasteiger partial charge in [-0.3, -0.25) is 4.79 Å². The van der Waals surface area contributed by atoms with Gasteiger partial charge in [-0.25, -0.2) is 0 Å². The Hall–Kier alpha value is -0.820. The molecule has 0 radical (unpaired) electrons. The van der Waals surface area contributed by atoms with Gasteiger partial charge in [-0.15, -0.1) is 0 Å². The highest BCUT2D eigenvalue weighted by atomic mass is 35.5. The molecule has 0 bridgehead atoms. The average Bonchev–Trinajstić information content (AvgIpc) is 2.06. The zero-order valence-electron chi connectivity index (χ0n) is 8.25. The normalized spacial score (nSPS) is 9.00. The van der Waals surface area contributed by atoms with E-state index in [4.69, 9.17) is 11.6 Å². The monoisotopic (exact) mass is 198 g/mol. The molecule has 0 spiro atoms. The first-order chi connectivity index (χ1) is 6.04. The first-order valence-corrected chi connectivity index (χ1v) is 4.63. The fourth-order valence-electron chi connectivity index (χ4n) is 0.534. The van der Waals surface area contributed by atoms with E-state index in [2.05, 4.69) is 19.1 Å². The van der Waals surface area contributed by atoms with Gasteiger partial charge in [-0.2, -0.15) is 0 Å². The van der Waals surface area contributed by atoms with Crippen LogP contribution < -0.4 is 0 Å². The molecule has 0 aromatic heterocycles. The van der Waals surface area contributed by atoms with Gasteiger partial charge in [0.05, 0.1) is 0 Å². The Kier molecular flexibility index (Phi) is 6.25. The summed E-state index contributed by atoms with van der Waals surface area (Å²) >= 11 is 4.97. The van der Waals surface area contributed by atoms with Crippen molar-refractivity contribution in [1.29, 1.82) is 0 Å². The van der Waals surface area contributed by atoms with Crippen LogP contribution in [0.1, 0.15) is 19.4 Å². The van der Waals surface area contributed by atoms with Gasteiger partial charge in [0.15, 0.2) is 0 Å². The fraction of sp³-hybridized carbons (Fsp3) is 0.364. The Morgan fingerprint density at radius 2 is 1.62 bits per heavy atom. The van der Waals surface area contributed by atoms with Crippen molar-refractivity contribution in [1.82, 2.24) is 0 Å². The van der Waals surface area contributed by atoms with Crippen LogP contribution in [0.3, 0.4) is 0 Å². The summed E-state index contributed by atoms with van der Waals surface area (Å²) in [5.74, 6) is -0.0216. The second-order valence-electron chi connectivity index (χ2n) is 3.11. The quantitative estimate of drug-likeness (QED) is 0.633. The van der Waals surface area contributed by atoms with Crippen molar-refractivity contribution >= 4 is 16.8 Å². The van der Waals surface area contributed by atoms with Gasteiger partial charge in [-0.05, 0) is 18.5 Å². The lowest BCUT2D eigenvalue weighted by Crippen LogP contribution is -1.95. The molecule has 0 amide bonds. The van der Waals surface area contributed by atoms with Gasteiger partial charge in [-0.1, -0.05) is 49.7 Å². The third-order valence-electron chi connectivity index (χ3n) is 1.39. The largest absolute Gasteiger partial charge is 0.281 e. The highest BCUT2D eigenvalue weighted by Gasteiger charge is 1.98. The van der Waals surface area contributed by atoms with Crippen LogP contribution >= 0.6 is 11.6 Å². The number of carbonyl (C=O) groups is 1. The lowest BCUT2D eigenvalue weighted by Gasteiger charge is -1.88. The molecule has 0 aliphatic heterocycles. The summed E-state index contributed by atoms with van der Waals surface area (Å²) in [5.41, 5.74) is 1.32. The number of benzene rings is 1. The minimum atomic E-state index is -0.269. The predicted octanol–water partition coefficient (Wildman–Crippen LogP) is 3.40. The van der Waals surface area contributed by atoms with E-state index < -0.39 is 0 Å². The fourth-order valence-corrected chi connectivity index (χ4v) is 0.534. The Bertz CT molecular complexity index is 242. The van der Waals surface area contributed by atoms with Crippen LogP contribution in [-0.2, 0) is 4.79 Å². The van der Waals surface area contributed by atoms with E-state index in [1.807, 2.05) is 18.2 Å². The second kappa shape index (κ2) is 6.67. The average molecular weight is 199 g/mol. The summed E-state index contributed by atoms with van der Waals surface area (Å²) in [6.07, 6.45) is 0. The summed E-state index contributed by atoms with van der Waals surface area (Å²) in [7, 11) is 0. The lowest BCUT2D eigenvalue weighted by atomic mass is 10.2. The highest BCUT2D eigenvalue weighted by Crippen LogP contribution is 1.95. The predicted molar refractivity (Wildman–Crippen MR) is 56.9 cm³/mol. The first kappa shape index (κ1) is 12.2. The Labute approximate surface area is 84.7 Å². The summed E-state index contributed by atoms with van der Waals surface area (Å²) in [6, 6.07) is 10.3. The topological polar surface area (TPSA) is 17.1 Å². The zero-order valence-corrected chi connectivity index (χ0v) is 9.01. The lowest BCUT2D eigenvalue weighted by molar-refractivity contribution is -0.114. The number of hydrogen-bond acceptors (Lipinski definition) is 1. The molecule has 1 aromatic rings. The molecular weight excluding hydrogens is 184 g/mol. The standard InChI is InChI=1S/C7H8.C4H7ClO/c1-7-5-3-2-4-6-7;1-3(2)4(5)6/h2-6H,1H3;3H,1-2H3. The van der Waals surface area contributed by atoms with Crippen molar-refractivity contribution in [2.75, 3.05) is 0 Å². The molecule has 1 nitrogen and oxygen atoms in total. The second-order valence-corrected chi connectivity index (χ2v) is 3.49. The molecule has 1 aromatic carbocycles. The third-order valence-corrected chi connectivity index (χ3v) is 1.83. The van der Waals surface area contributed by atoms with E-state index in [1.165, 1.54) is 5.56 Å². The van der Waals surface area contributed by atoms with Gasteiger partial charge in [0.25, 0.3) is 0 Å². The minimum absolute atomic E-state index is 0.0216. The SMILES string of the molecule is CC(C)C(=O)Cl.Cc1ccccc1. The summed E-state index contributed by atoms with van der Waals surface area (Å²) in [6.45, 7) is 5.60. The Morgan fingerprint density at radius 1 is 1.23 bits per heavy atom. The van der Waals surface area contributed by atoms with Gasteiger partial charge >= 0.3 is 0 Å². The van der Waals surface area contributed by atoms with Gasteiger partial charge in [0.1, 0.15) is 0 Å². The molecule has 0 heterocycles. The molecule has 0 aliphatic rings. The molecule has 0 fully saturated rings. The number of hydrogen-bond donors (Lipinski definition) is 0. The van der Waals surface area contributed by atoms with Crippen molar-refractivity contribution < 1.29 is 4.79 Å². The van der Waals surface area contributed by atoms with Gasteiger partial charge < -0.3 is 0 Å². The van der Waals surface area contributed by atoms with Crippen LogP contribution in [0.5, 0.6) is 0 Å². The zero-order chi connectivity index (χ0) is 10.3. The highest BCUT2D eigenvalue weighted by molar-refractivity contribution is 6.63. The maximum absolute atomic E-state index is 9.91. The minimum Gasteiger partial charge on any atom is -0.281 e. The molecule has 0 aliphatic carbocycles. The summed E-state index contributed by atoms with van der Waals surface area (Å²) < 4.78 is 0. The van der Waals surface area contributed by atoms with E-state index >= 15 is 0 Å². The van der Waals surface area contributed by atoms with Crippen LogP contribution in [0.4, 0.5) is 0 Å². The van der Waals surface area contributed by atoms with Crippen LogP contribution in [0.15, 0.2) is 30.3 Å². The van der Waals surface area contributed by atoms with E-state index in [1.54, 1.807) is 13.8 Å². The summed E-state index contributed by atoms with van der Waals surface area (Å²) in [4.78, 5) is 9.91. The Morgan fingerprint density at radius 3 is 1.77 bits per heavy atom. The molecule has 0 unspecified atom stereocenters. The van der Waals surface area contributed by atoms with E-state index in [9.17, 15) is 4.79 Å². The molecule has 0 saturated heterocycles. The Balaban J connectivity index is 0.000000226.